The fourth-order valence-electron chi connectivity index (χ4n) is 5.51. The molecule has 1 aromatic rings. The molecule has 4 aliphatic heterocycles. The largest absolute Gasteiger partial charge is 0.480 e. The molecule has 6 atom stereocenters. The Labute approximate surface area is 225 Å². The Kier molecular flexibility index (Phi) is 5.98. The van der Waals surface area contributed by atoms with Crippen molar-refractivity contribution < 1.29 is 39.0 Å². The highest BCUT2D eigenvalue weighted by Gasteiger charge is 2.65. The van der Waals surface area contributed by atoms with E-state index in [0.717, 1.165) is 0 Å². The van der Waals surface area contributed by atoms with Crippen molar-refractivity contribution in [1.29, 1.82) is 0 Å². The molecule has 4 N–H and O–H groups in total. The Hall–Kier alpha value is -3.26. The van der Waals surface area contributed by atoms with Crippen LogP contribution in [0.15, 0.2) is 24.3 Å². The fraction of sp³-hybridized carbons (Fsp3) is 0.500. The van der Waals surface area contributed by atoms with Gasteiger partial charge in [-0.25, -0.2) is 9.59 Å². The molecule has 0 radical (unpaired) electrons. The predicted octanol–water partition coefficient (Wildman–Crippen LogP) is 0.177. The Morgan fingerprint density at radius 3 is 1.32 bits per heavy atom. The van der Waals surface area contributed by atoms with E-state index in [2.05, 4.69) is 10.6 Å². The Balaban J connectivity index is 1.20. The molecular formula is C24H26N4O8S2. The van der Waals surface area contributed by atoms with Crippen molar-refractivity contribution >= 4 is 59.1 Å². The second-order valence-corrected chi connectivity index (χ2v) is 14.2. The number of rotatable bonds is 6. The van der Waals surface area contributed by atoms with Gasteiger partial charge >= 0.3 is 11.9 Å². The van der Waals surface area contributed by atoms with Gasteiger partial charge in [-0.3, -0.25) is 19.2 Å². The van der Waals surface area contributed by atoms with Crippen LogP contribution in [0.5, 0.6) is 0 Å². The van der Waals surface area contributed by atoms with Gasteiger partial charge in [-0.05, 0) is 52.0 Å². The van der Waals surface area contributed by atoms with Crippen LogP contribution in [0.3, 0.4) is 0 Å². The molecule has 4 heterocycles. The van der Waals surface area contributed by atoms with Crippen LogP contribution in [0.4, 0.5) is 0 Å². The van der Waals surface area contributed by atoms with Gasteiger partial charge in [0.05, 0.1) is 0 Å². The van der Waals surface area contributed by atoms with Gasteiger partial charge in [0.15, 0.2) is 0 Å². The van der Waals surface area contributed by atoms with Gasteiger partial charge in [0.2, 0.25) is 11.8 Å². The number of aliphatic carboxylic acids is 2. The summed E-state index contributed by atoms with van der Waals surface area (Å²) in [6.07, 6.45) is 0. The van der Waals surface area contributed by atoms with E-state index in [1.165, 1.54) is 57.6 Å². The number of hydrogen-bond acceptors (Lipinski definition) is 8. The topological polar surface area (TPSA) is 173 Å². The molecule has 202 valence electrons. The number of carboxylic acid groups (broad SMARTS) is 2. The molecular weight excluding hydrogens is 536 g/mol. The first-order valence-electron chi connectivity index (χ1n) is 11.8. The van der Waals surface area contributed by atoms with Crippen LogP contribution in [0.1, 0.15) is 48.4 Å². The lowest BCUT2D eigenvalue weighted by Crippen LogP contribution is -2.70. The van der Waals surface area contributed by atoms with E-state index in [4.69, 9.17) is 0 Å². The third-order valence-corrected chi connectivity index (χ3v) is 10.5. The van der Waals surface area contributed by atoms with Gasteiger partial charge in [-0.2, -0.15) is 0 Å². The summed E-state index contributed by atoms with van der Waals surface area (Å²) in [7, 11) is 0. The van der Waals surface area contributed by atoms with Crippen LogP contribution in [0.25, 0.3) is 0 Å². The molecule has 0 spiro atoms. The molecule has 4 aliphatic rings. The van der Waals surface area contributed by atoms with E-state index in [9.17, 15) is 39.0 Å². The molecule has 0 saturated carbocycles. The summed E-state index contributed by atoms with van der Waals surface area (Å²) >= 11 is 2.64. The molecule has 0 bridgehead atoms. The minimum Gasteiger partial charge on any atom is -0.480 e. The number of β-lactam (4-membered cyclic amide) rings is 2. The Bertz CT molecular complexity index is 1190. The quantitative estimate of drug-likeness (QED) is 0.350. The number of thioether (sulfide) groups is 2. The molecule has 5 rings (SSSR count). The molecule has 0 aliphatic carbocycles. The average molecular weight is 563 g/mol. The smallest absolute Gasteiger partial charge is 0.327 e. The van der Waals surface area contributed by atoms with Gasteiger partial charge in [-0.1, -0.05) is 0 Å². The second-order valence-electron chi connectivity index (χ2n) is 10.7. The second kappa shape index (κ2) is 8.63. The maximum absolute atomic E-state index is 12.8. The highest BCUT2D eigenvalue weighted by molar-refractivity contribution is 8.02. The zero-order chi connectivity index (χ0) is 27.9. The number of hydrogen-bond donors (Lipinski definition) is 4. The maximum atomic E-state index is 12.8. The molecule has 12 nitrogen and oxygen atoms in total. The Morgan fingerprint density at radius 2 is 1.03 bits per heavy atom. The van der Waals surface area contributed by atoms with Gasteiger partial charge in [0, 0.05) is 20.6 Å². The lowest BCUT2D eigenvalue weighted by atomic mass is 9.95. The number of carbonyl (C=O) groups is 6. The van der Waals surface area contributed by atoms with Gasteiger partial charge in [0.25, 0.3) is 11.8 Å². The number of nitrogens with one attached hydrogen (secondary N) is 2. The summed E-state index contributed by atoms with van der Waals surface area (Å²) in [6.45, 7) is 6.98. The van der Waals surface area contributed by atoms with Crippen LogP contribution < -0.4 is 10.6 Å². The molecule has 4 saturated heterocycles. The fourth-order valence-corrected chi connectivity index (χ4v) is 8.76. The van der Waals surface area contributed by atoms with Crippen LogP contribution in [0, 0.1) is 0 Å². The third-order valence-electron chi connectivity index (χ3n) is 7.33. The standard InChI is InChI=1S/C24H26N4O8S2/c1-23(2)13(21(33)34)27-17(31)11(19(27)37-23)25-15(29)9-5-7-10(8-6-9)16(30)26-12-18(32)28-14(22(35)36)24(3,4)38-20(12)28/h5-8,11-14,19-20H,1-4H3,(H,25,29)(H,26,30)(H,33,34)(H,35,36). The predicted molar refractivity (Wildman–Crippen MR) is 136 cm³/mol. The van der Waals surface area contributed by atoms with Crippen molar-refractivity contribution in [3.8, 4) is 0 Å². The van der Waals surface area contributed by atoms with E-state index in [-0.39, 0.29) is 11.1 Å². The SMILES string of the molecule is CC1(C)SC2C(NC(=O)c3ccc(C(=O)NC4C(=O)N5C4SC(C)(C)C5C(=O)O)cc3)C(=O)N2C1C(=O)O. The summed E-state index contributed by atoms with van der Waals surface area (Å²) in [6, 6.07) is 2.01. The number of nitrogens with zero attached hydrogens (tertiary/aromatic N) is 2. The number of carboxylic acids is 2. The van der Waals surface area contributed by atoms with Crippen molar-refractivity contribution in [2.45, 2.75) is 72.1 Å². The normalized spacial score (nSPS) is 32.0. The first-order chi connectivity index (χ1) is 17.7. The van der Waals surface area contributed by atoms with E-state index in [1.54, 1.807) is 27.7 Å². The van der Waals surface area contributed by atoms with Crippen molar-refractivity contribution in [2.75, 3.05) is 0 Å². The molecule has 0 aromatic heterocycles. The minimum absolute atomic E-state index is 0.202. The van der Waals surface area contributed by atoms with E-state index in [1.807, 2.05) is 0 Å². The van der Waals surface area contributed by atoms with Crippen molar-refractivity contribution in [3.05, 3.63) is 35.4 Å². The minimum atomic E-state index is -1.09. The van der Waals surface area contributed by atoms with Crippen LogP contribution >= 0.6 is 23.5 Å². The van der Waals surface area contributed by atoms with Crippen molar-refractivity contribution in [1.82, 2.24) is 20.4 Å². The zero-order valence-electron chi connectivity index (χ0n) is 20.8. The summed E-state index contributed by atoms with van der Waals surface area (Å²) in [5.41, 5.74) is 0.404. The molecule has 6 unspecified atom stereocenters. The van der Waals surface area contributed by atoms with E-state index >= 15 is 0 Å². The van der Waals surface area contributed by atoms with Crippen LogP contribution in [-0.2, 0) is 19.2 Å². The van der Waals surface area contributed by atoms with Gasteiger partial charge in [0.1, 0.15) is 34.9 Å². The monoisotopic (exact) mass is 562 g/mol. The summed E-state index contributed by atoms with van der Waals surface area (Å²) in [5.74, 6) is -4.18. The highest BCUT2D eigenvalue weighted by atomic mass is 32.2. The molecule has 4 fully saturated rings. The van der Waals surface area contributed by atoms with Crippen molar-refractivity contribution in [3.63, 3.8) is 0 Å². The number of amides is 4. The lowest BCUT2D eigenvalue weighted by Gasteiger charge is -2.43. The summed E-state index contributed by atoms with van der Waals surface area (Å²) < 4.78 is -1.42. The highest BCUT2D eigenvalue weighted by Crippen LogP contribution is 2.51. The van der Waals surface area contributed by atoms with Gasteiger partial charge < -0.3 is 30.6 Å². The molecule has 1 aromatic carbocycles. The maximum Gasteiger partial charge on any atom is 0.327 e. The molecule has 4 amide bonds. The number of benzene rings is 1. The van der Waals surface area contributed by atoms with Crippen LogP contribution in [-0.4, -0.2) is 100.0 Å². The Morgan fingerprint density at radius 1 is 0.711 bits per heavy atom. The van der Waals surface area contributed by atoms with Gasteiger partial charge in [-0.15, -0.1) is 23.5 Å². The first-order valence-corrected chi connectivity index (χ1v) is 13.6. The zero-order valence-corrected chi connectivity index (χ0v) is 22.5. The average Bonchev–Trinajstić information content (AvgIpc) is 3.25. The van der Waals surface area contributed by atoms with E-state index in [0.29, 0.717) is 0 Å². The van der Waals surface area contributed by atoms with E-state index < -0.39 is 80.0 Å². The van der Waals surface area contributed by atoms with Crippen LogP contribution in [0.2, 0.25) is 0 Å². The summed E-state index contributed by atoms with van der Waals surface area (Å²) in [4.78, 5) is 76.7. The number of fused-ring (bicyclic) bond motifs is 2. The molecule has 38 heavy (non-hydrogen) atoms. The lowest BCUT2D eigenvalue weighted by molar-refractivity contribution is -0.159. The molecule has 14 heteroatoms. The van der Waals surface area contributed by atoms with Crippen molar-refractivity contribution in [2.24, 2.45) is 0 Å². The summed E-state index contributed by atoms with van der Waals surface area (Å²) in [5, 5.41) is 23.4. The third kappa shape index (κ3) is 3.83. The number of carbonyl (C=O) groups excluding carboxylic acids is 4. The first kappa shape index (κ1) is 26.4.